The van der Waals surface area contributed by atoms with Crippen LogP contribution in [-0.2, 0) is 9.47 Å². The normalized spacial score (nSPS) is 11.0. The van der Waals surface area contributed by atoms with Crippen LogP contribution in [0.5, 0.6) is 0 Å². The molecule has 0 atom stereocenters. The first-order valence-electron chi connectivity index (χ1n) is 7.78. The first kappa shape index (κ1) is 17.9. The van der Waals surface area contributed by atoms with Gasteiger partial charge in [0.2, 0.25) is 0 Å². The lowest BCUT2D eigenvalue weighted by Gasteiger charge is -2.06. The fourth-order valence-corrected chi connectivity index (χ4v) is 1.78. The molecule has 0 saturated heterocycles. The van der Waals surface area contributed by atoms with E-state index >= 15 is 0 Å². The highest BCUT2D eigenvalue weighted by molar-refractivity contribution is 4.48. The average molecular weight is 259 g/mol. The Morgan fingerprint density at radius 1 is 0.667 bits per heavy atom. The molecule has 0 aliphatic carbocycles. The second-order valence-corrected chi connectivity index (χ2v) is 4.68. The number of nitrogens with one attached hydrogen (secondary N) is 1. The van der Waals surface area contributed by atoms with E-state index in [9.17, 15) is 0 Å². The van der Waals surface area contributed by atoms with Crippen molar-refractivity contribution < 1.29 is 9.47 Å². The molecule has 1 N–H and O–H groups in total. The van der Waals surface area contributed by atoms with Crippen molar-refractivity contribution in [2.75, 3.05) is 39.5 Å². The number of ether oxygens (including phenoxy) is 2. The third-order valence-corrected chi connectivity index (χ3v) is 2.91. The number of hydrogen-bond donors (Lipinski definition) is 1. The molecule has 0 bridgehead atoms. The van der Waals surface area contributed by atoms with Crippen molar-refractivity contribution in [3.05, 3.63) is 0 Å². The predicted octanol–water partition coefficient (Wildman–Crippen LogP) is 3.38. The van der Waals surface area contributed by atoms with Gasteiger partial charge in [-0.2, -0.15) is 0 Å². The van der Waals surface area contributed by atoms with Gasteiger partial charge in [0.25, 0.3) is 0 Å². The monoisotopic (exact) mass is 259 g/mol. The van der Waals surface area contributed by atoms with Gasteiger partial charge in [-0.05, 0) is 32.7 Å². The molecule has 0 amide bonds. The van der Waals surface area contributed by atoms with Gasteiger partial charge in [0.15, 0.2) is 0 Å². The maximum Gasteiger partial charge on any atom is 0.0590 e. The van der Waals surface area contributed by atoms with Crippen LogP contribution in [0.4, 0.5) is 0 Å². The quantitative estimate of drug-likeness (QED) is 0.457. The van der Waals surface area contributed by atoms with Crippen LogP contribution in [0.1, 0.15) is 58.8 Å². The molecule has 0 rings (SSSR count). The molecule has 110 valence electrons. The van der Waals surface area contributed by atoms with Gasteiger partial charge < -0.3 is 14.8 Å². The van der Waals surface area contributed by atoms with Crippen LogP contribution in [0.3, 0.4) is 0 Å². The molecule has 3 nitrogen and oxygen atoms in total. The van der Waals surface area contributed by atoms with Gasteiger partial charge in [0.1, 0.15) is 0 Å². The zero-order valence-electron chi connectivity index (χ0n) is 12.5. The fraction of sp³-hybridized carbons (Fsp3) is 1.00. The Balaban J connectivity index is 2.86. The van der Waals surface area contributed by atoms with Crippen LogP contribution in [-0.4, -0.2) is 39.5 Å². The molecule has 0 spiro atoms. The maximum atomic E-state index is 5.57. The highest BCUT2D eigenvalue weighted by atomic mass is 16.5. The summed E-state index contributed by atoms with van der Waals surface area (Å²) in [5, 5.41) is 3.39. The first-order valence-corrected chi connectivity index (χ1v) is 7.78. The zero-order valence-corrected chi connectivity index (χ0v) is 12.5. The number of unbranched alkanes of at least 4 members (excludes halogenated alkanes) is 5. The second kappa shape index (κ2) is 16.9. The summed E-state index contributed by atoms with van der Waals surface area (Å²) >= 11 is 0. The number of hydrogen-bond acceptors (Lipinski definition) is 3. The Morgan fingerprint density at radius 3 is 2.17 bits per heavy atom. The zero-order chi connectivity index (χ0) is 13.3. The second-order valence-electron chi connectivity index (χ2n) is 4.68. The minimum absolute atomic E-state index is 0.833. The molecule has 0 aromatic carbocycles. The summed E-state index contributed by atoms with van der Waals surface area (Å²) in [6.07, 6.45) is 8.92. The lowest BCUT2D eigenvalue weighted by Crippen LogP contribution is -2.21. The SMILES string of the molecule is CCCCCCCOCCNCCCCOCC. The summed E-state index contributed by atoms with van der Waals surface area (Å²) in [4.78, 5) is 0. The Kier molecular flexibility index (Phi) is 16.8. The van der Waals surface area contributed by atoms with Gasteiger partial charge in [-0.1, -0.05) is 32.6 Å². The molecule has 0 fully saturated rings. The molecule has 0 aliphatic rings. The number of rotatable bonds is 15. The third-order valence-electron chi connectivity index (χ3n) is 2.91. The van der Waals surface area contributed by atoms with Crippen molar-refractivity contribution in [3.8, 4) is 0 Å². The molecule has 0 aromatic heterocycles. The van der Waals surface area contributed by atoms with Crippen LogP contribution in [0, 0.1) is 0 Å². The van der Waals surface area contributed by atoms with Crippen molar-refractivity contribution in [2.45, 2.75) is 58.8 Å². The average Bonchev–Trinajstić information content (AvgIpc) is 2.39. The lowest BCUT2D eigenvalue weighted by atomic mass is 10.2. The van der Waals surface area contributed by atoms with E-state index < -0.39 is 0 Å². The Labute approximate surface area is 114 Å². The first-order chi connectivity index (χ1) is 8.91. The summed E-state index contributed by atoms with van der Waals surface area (Å²) in [5.41, 5.74) is 0. The predicted molar refractivity (Wildman–Crippen MR) is 78.2 cm³/mol. The molecular formula is C15H33NO2. The molecule has 18 heavy (non-hydrogen) atoms. The standard InChI is InChI=1S/C15H33NO2/c1-3-5-6-7-9-14-18-15-12-16-11-8-10-13-17-4-2/h16H,3-15H2,1-2H3. The Morgan fingerprint density at radius 2 is 1.39 bits per heavy atom. The van der Waals surface area contributed by atoms with E-state index in [4.69, 9.17) is 9.47 Å². The highest BCUT2D eigenvalue weighted by Crippen LogP contribution is 2.01. The van der Waals surface area contributed by atoms with Crippen LogP contribution in [0.25, 0.3) is 0 Å². The maximum absolute atomic E-state index is 5.57. The molecule has 0 radical (unpaired) electrons. The molecular weight excluding hydrogens is 226 g/mol. The van der Waals surface area contributed by atoms with Crippen LogP contribution in [0.2, 0.25) is 0 Å². The summed E-state index contributed by atoms with van der Waals surface area (Å²) in [6, 6.07) is 0. The van der Waals surface area contributed by atoms with Gasteiger partial charge in [0, 0.05) is 26.4 Å². The van der Waals surface area contributed by atoms with Crippen LogP contribution in [0.15, 0.2) is 0 Å². The van der Waals surface area contributed by atoms with E-state index in [0.29, 0.717) is 0 Å². The van der Waals surface area contributed by atoms with Gasteiger partial charge in [-0.3, -0.25) is 0 Å². The Hall–Kier alpha value is -0.120. The van der Waals surface area contributed by atoms with Crippen LogP contribution >= 0.6 is 0 Å². The summed E-state index contributed by atoms with van der Waals surface area (Å²) < 4.78 is 10.9. The molecule has 0 aliphatic heterocycles. The van der Waals surface area contributed by atoms with E-state index in [1.165, 1.54) is 38.5 Å². The fourth-order valence-electron chi connectivity index (χ4n) is 1.78. The molecule has 0 saturated carbocycles. The lowest BCUT2D eigenvalue weighted by molar-refractivity contribution is 0.130. The van der Waals surface area contributed by atoms with Crippen molar-refractivity contribution in [1.82, 2.24) is 5.32 Å². The topological polar surface area (TPSA) is 30.5 Å². The molecule has 0 heterocycles. The van der Waals surface area contributed by atoms with Gasteiger partial charge in [-0.25, -0.2) is 0 Å². The minimum Gasteiger partial charge on any atom is -0.382 e. The van der Waals surface area contributed by atoms with Gasteiger partial charge in [-0.15, -0.1) is 0 Å². The minimum atomic E-state index is 0.833. The van der Waals surface area contributed by atoms with Crippen molar-refractivity contribution in [2.24, 2.45) is 0 Å². The molecule has 0 aromatic rings. The van der Waals surface area contributed by atoms with E-state index in [-0.39, 0.29) is 0 Å². The summed E-state index contributed by atoms with van der Waals surface area (Å²) in [5.74, 6) is 0. The summed E-state index contributed by atoms with van der Waals surface area (Å²) in [6.45, 7) is 9.84. The Bertz CT molecular complexity index is 126. The largest absolute Gasteiger partial charge is 0.382 e. The third kappa shape index (κ3) is 15.9. The van der Waals surface area contributed by atoms with Crippen molar-refractivity contribution in [3.63, 3.8) is 0 Å². The van der Waals surface area contributed by atoms with Crippen molar-refractivity contribution >= 4 is 0 Å². The molecule has 3 heteroatoms. The van der Waals surface area contributed by atoms with Gasteiger partial charge >= 0.3 is 0 Å². The van der Waals surface area contributed by atoms with E-state index in [2.05, 4.69) is 12.2 Å². The van der Waals surface area contributed by atoms with Crippen LogP contribution < -0.4 is 5.32 Å². The highest BCUT2D eigenvalue weighted by Gasteiger charge is 1.92. The van der Waals surface area contributed by atoms with E-state index in [0.717, 1.165) is 45.9 Å². The summed E-state index contributed by atoms with van der Waals surface area (Å²) in [7, 11) is 0. The molecule has 0 unspecified atom stereocenters. The van der Waals surface area contributed by atoms with E-state index in [1.54, 1.807) is 0 Å². The van der Waals surface area contributed by atoms with Crippen molar-refractivity contribution in [1.29, 1.82) is 0 Å². The van der Waals surface area contributed by atoms with Gasteiger partial charge in [0.05, 0.1) is 6.61 Å². The smallest absolute Gasteiger partial charge is 0.0590 e. The van der Waals surface area contributed by atoms with E-state index in [1.807, 2.05) is 6.92 Å².